The smallest absolute Gasteiger partial charge is 0.436 e. The quantitative estimate of drug-likeness (QED) is 0.0403. The van der Waals surface area contributed by atoms with E-state index in [1.54, 1.807) is 0 Å². The summed E-state index contributed by atoms with van der Waals surface area (Å²) >= 11 is 0. The van der Waals surface area contributed by atoms with Crippen molar-refractivity contribution in [2.45, 2.75) is 219 Å². The largest absolute Gasteiger partial charge is 0.508 e. The Bertz CT molecular complexity index is 639. The van der Waals surface area contributed by atoms with Gasteiger partial charge < -0.3 is 18.9 Å². The first kappa shape index (κ1) is 40.7. The van der Waals surface area contributed by atoms with E-state index in [-0.39, 0.29) is 19.2 Å². The number of unbranched alkanes of at least 4 members (excludes halogenated alkanes) is 26. The number of hydrogen-bond acceptors (Lipinski definition) is 6. The molecule has 44 heavy (non-hydrogen) atoms. The van der Waals surface area contributed by atoms with Crippen LogP contribution in [0.1, 0.15) is 206 Å². The lowest BCUT2D eigenvalue weighted by molar-refractivity contribution is -0.184. The van der Waals surface area contributed by atoms with Crippen LogP contribution in [0.15, 0.2) is 0 Å². The lowest BCUT2D eigenvalue weighted by Gasteiger charge is -2.19. The van der Waals surface area contributed by atoms with Crippen molar-refractivity contribution in [2.24, 2.45) is 0 Å². The minimum absolute atomic E-state index is 0.181. The number of hydrogen-bond donors (Lipinski definition) is 0. The van der Waals surface area contributed by atoms with E-state index in [0.717, 1.165) is 25.7 Å². The van der Waals surface area contributed by atoms with Gasteiger partial charge in [-0.15, -0.1) is 0 Å². The van der Waals surface area contributed by atoms with Crippen molar-refractivity contribution >= 4 is 12.1 Å². The van der Waals surface area contributed by atoms with E-state index in [9.17, 15) is 9.59 Å². The van der Waals surface area contributed by atoms with E-state index >= 15 is 0 Å². The molecule has 0 aromatic rings. The Morgan fingerprint density at radius 3 is 1.39 bits per heavy atom. The van der Waals surface area contributed by atoms with Crippen LogP contribution < -0.4 is 0 Å². The third kappa shape index (κ3) is 27.0. The molecule has 1 saturated heterocycles. The lowest BCUT2D eigenvalue weighted by atomic mass is 10.0. The Morgan fingerprint density at radius 2 is 1.00 bits per heavy atom. The highest BCUT2D eigenvalue weighted by molar-refractivity contribution is 5.69. The van der Waals surface area contributed by atoms with Crippen molar-refractivity contribution in [1.29, 1.82) is 0 Å². The average Bonchev–Trinajstić information content (AvgIpc) is 3.44. The summed E-state index contributed by atoms with van der Waals surface area (Å²) < 4.78 is 21.5. The molecule has 1 fully saturated rings. The monoisotopic (exact) mass is 625 g/mol. The van der Waals surface area contributed by atoms with Gasteiger partial charge in [0.25, 0.3) is 0 Å². The summed E-state index contributed by atoms with van der Waals surface area (Å²) in [6.07, 6.45) is 35.9. The molecule has 2 atom stereocenters. The molecule has 0 amide bonds. The maximum absolute atomic E-state index is 12.6. The fourth-order valence-corrected chi connectivity index (χ4v) is 6.01. The molecule has 1 heterocycles. The number of ether oxygens (including phenoxy) is 4. The molecule has 0 aliphatic carbocycles. The Balaban J connectivity index is 2.07. The first-order valence-corrected chi connectivity index (χ1v) is 19.3. The Labute approximate surface area is 272 Å². The number of carbonyl (C=O) groups excluding carboxylic acids is 2. The summed E-state index contributed by atoms with van der Waals surface area (Å²) in [6, 6.07) is 0. The molecule has 1 aliphatic heterocycles. The number of carbonyl (C=O) groups is 2. The molecule has 0 spiro atoms. The minimum atomic E-state index is -0.656. The third-order valence-corrected chi connectivity index (χ3v) is 8.91. The van der Waals surface area contributed by atoms with E-state index in [4.69, 9.17) is 18.9 Å². The van der Waals surface area contributed by atoms with Gasteiger partial charge in [0, 0.05) is 12.8 Å². The van der Waals surface area contributed by atoms with Gasteiger partial charge in [0.15, 0.2) is 6.10 Å². The predicted octanol–water partition coefficient (Wildman–Crippen LogP) is 12.2. The Kier molecular flexibility index (Phi) is 29.3. The Morgan fingerprint density at radius 1 is 0.614 bits per heavy atom. The zero-order valence-corrected chi connectivity index (χ0v) is 29.2. The first-order chi connectivity index (χ1) is 21.7. The molecule has 0 N–H and O–H groups in total. The minimum Gasteiger partial charge on any atom is -0.436 e. The lowest BCUT2D eigenvalue weighted by Crippen LogP contribution is -2.27. The standard InChI is InChI=1S/C38H72O6/c1-3-5-7-9-11-13-15-17-18-20-21-23-25-27-29-31-36(39)44-37(41-33-35-34-42-38(40)43-35)32-30-28-26-24-22-19-16-14-12-10-8-6-4-2/h35,37H,3-34H2,1-2H3. The van der Waals surface area contributed by atoms with Crippen LogP contribution in [0.5, 0.6) is 0 Å². The molecule has 2 unspecified atom stereocenters. The van der Waals surface area contributed by atoms with Crippen LogP contribution >= 0.6 is 0 Å². The zero-order chi connectivity index (χ0) is 31.8. The number of rotatable bonds is 34. The van der Waals surface area contributed by atoms with Crippen LogP contribution in [0, 0.1) is 0 Å². The van der Waals surface area contributed by atoms with Crippen molar-refractivity contribution in [1.82, 2.24) is 0 Å². The topological polar surface area (TPSA) is 71.1 Å². The van der Waals surface area contributed by atoms with Crippen LogP contribution in [0.2, 0.25) is 0 Å². The van der Waals surface area contributed by atoms with Crippen molar-refractivity contribution in [3.63, 3.8) is 0 Å². The molecular weight excluding hydrogens is 552 g/mol. The summed E-state index contributed by atoms with van der Waals surface area (Å²) in [7, 11) is 0. The second-order valence-corrected chi connectivity index (χ2v) is 13.3. The van der Waals surface area contributed by atoms with Crippen LogP contribution in [0.3, 0.4) is 0 Å². The molecular formula is C38H72O6. The first-order valence-electron chi connectivity index (χ1n) is 19.3. The molecule has 0 radical (unpaired) electrons. The number of esters is 1. The van der Waals surface area contributed by atoms with Crippen LogP contribution in [0.25, 0.3) is 0 Å². The summed E-state index contributed by atoms with van der Waals surface area (Å²) in [6.45, 7) is 4.93. The number of cyclic esters (lactones) is 2. The van der Waals surface area contributed by atoms with E-state index < -0.39 is 18.5 Å². The highest BCUT2D eigenvalue weighted by Gasteiger charge is 2.27. The molecule has 1 aliphatic rings. The Hall–Kier alpha value is -1.30. The molecule has 1 rings (SSSR count). The normalized spacial score (nSPS) is 15.3. The zero-order valence-electron chi connectivity index (χ0n) is 29.2. The third-order valence-electron chi connectivity index (χ3n) is 8.91. The molecule has 0 aromatic heterocycles. The van der Waals surface area contributed by atoms with E-state index in [2.05, 4.69) is 13.8 Å². The van der Waals surface area contributed by atoms with Gasteiger partial charge in [-0.25, -0.2) is 4.79 Å². The van der Waals surface area contributed by atoms with Crippen LogP contribution in [-0.4, -0.2) is 37.7 Å². The van der Waals surface area contributed by atoms with Gasteiger partial charge in [-0.1, -0.05) is 181 Å². The van der Waals surface area contributed by atoms with Crippen molar-refractivity contribution < 1.29 is 28.5 Å². The van der Waals surface area contributed by atoms with Gasteiger partial charge in [-0.05, 0) is 12.8 Å². The average molecular weight is 625 g/mol. The van der Waals surface area contributed by atoms with Crippen LogP contribution in [0.4, 0.5) is 4.79 Å². The highest BCUT2D eigenvalue weighted by atomic mass is 16.8. The summed E-state index contributed by atoms with van der Waals surface area (Å²) in [5.74, 6) is -0.181. The second-order valence-electron chi connectivity index (χ2n) is 13.3. The van der Waals surface area contributed by atoms with Crippen LogP contribution in [-0.2, 0) is 23.7 Å². The van der Waals surface area contributed by atoms with Crippen molar-refractivity contribution in [2.75, 3.05) is 13.2 Å². The van der Waals surface area contributed by atoms with Gasteiger partial charge in [-0.3, -0.25) is 4.79 Å². The van der Waals surface area contributed by atoms with Gasteiger partial charge in [0.05, 0.1) is 6.61 Å². The maximum Gasteiger partial charge on any atom is 0.508 e. The van der Waals surface area contributed by atoms with Gasteiger partial charge >= 0.3 is 12.1 Å². The van der Waals surface area contributed by atoms with E-state index in [1.807, 2.05) is 0 Å². The summed E-state index contributed by atoms with van der Waals surface area (Å²) in [5, 5.41) is 0. The predicted molar refractivity (Wildman–Crippen MR) is 182 cm³/mol. The SMILES string of the molecule is CCCCCCCCCCCCCCCCCC(=O)OC(CCCCCCCCCCCCCCC)OCC1COC(=O)O1. The van der Waals surface area contributed by atoms with Gasteiger partial charge in [0.2, 0.25) is 6.29 Å². The maximum atomic E-state index is 12.6. The van der Waals surface area contributed by atoms with Gasteiger partial charge in [-0.2, -0.15) is 0 Å². The van der Waals surface area contributed by atoms with Crippen molar-refractivity contribution in [3.8, 4) is 0 Å². The van der Waals surface area contributed by atoms with E-state index in [1.165, 1.54) is 154 Å². The molecule has 6 nitrogen and oxygen atoms in total. The molecule has 260 valence electrons. The second kappa shape index (κ2) is 31.7. The fourth-order valence-electron chi connectivity index (χ4n) is 6.01. The summed E-state index contributed by atoms with van der Waals surface area (Å²) in [4.78, 5) is 23.8. The molecule has 0 saturated carbocycles. The highest BCUT2D eigenvalue weighted by Crippen LogP contribution is 2.18. The van der Waals surface area contributed by atoms with E-state index in [0.29, 0.717) is 12.8 Å². The fraction of sp³-hybridized carbons (Fsp3) is 0.947. The molecule has 0 aromatic carbocycles. The summed E-state index contributed by atoms with van der Waals surface area (Å²) in [5.41, 5.74) is 0. The molecule has 6 heteroatoms. The van der Waals surface area contributed by atoms with Crippen molar-refractivity contribution in [3.05, 3.63) is 0 Å². The molecule has 0 bridgehead atoms. The van der Waals surface area contributed by atoms with Gasteiger partial charge in [0.1, 0.15) is 6.61 Å².